The number of H-pyrrole nitrogens is 1. The third-order valence-corrected chi connectivity index (χ3v) is 5.00. The van der Waals surface area contributed by atoms with Crippen molar-refractivity contribution in [2.24, 2.45) is 0 Å². The Labute approximate surface area is 151 Å². The average Bonchev–Trinajstić information content (AvgIpc) is 3.22. The predicted molar refractivity (Wildman–Crippen MR) is 99.5 cm³/mol. The second-order valence-electron chi connectivity index (χ2n) is 6.72. The maximum atomic E-state index is 12.7. The third-order valence-electron chi connectivity index (χ3n) is 5.00. The molecular weight excluding hydrogens is 328 g/mol. The molecule has 4 rings (SSSR count). The number of fused-ring (bicyclic) bond motifs is 2. The fourth-order valence-corrected chi connectivity index (χ4v) is 3.32. The molecule has 6 heteroatoms. The van der Waals surface area contributed by atoms with Gasteiger partial charge < -0.3 is 10.2 Å². The number of anilines is 1. The van der Waals surface area contributed by atoms with E-state index in [2.05, 4.69) is 21.6 Å². The Morgan fingerprint density at radius 3 is 2.69 bits per heavy atom. The van der Waals surface area contributed by atoms with Gasteiger partial charge in [0, 0.05) is 12.5 Å². The number of carbonyl (C=O) groups excluding carboxylic acids is 2. The summed E-state index contributed by atoms with van der Waals surface area (Å²) in [5.41, 5.74) is 2.73. The Morgan fingerprint density at radius 2 is 1.92 bits per heavy atom. The van der Waals surface area contributed by atoms with Crippen LogP contribution in [0.3, 0.4) is 0 Å². The van der Waals surface area contributed by atoms with Gasteiger partial charge in [0.25, 0.3) is 0 Å². The van der Waals surface area contributed by atoms with E-state index in [1.807, 2.05) is 43.3 Å². The van der Waals surface area contributed by atoms with Crippen LogP contribution in [0.1, 0.15) is 36.6 Å². The first-order valence-corrected chi connectivity index (χ1v) is 8.64. The summed E-state index contributed by atoms with van der Waals surface area (Å²) >= 11 is 0. The van der Waals surface area contributed by atoms with E-state index in [1.54, 1.807) is 11.8 Å². The second-order valence-corrected chi connectivity index (χ2v) is 6.72. The minimum absolute atomic E-state index is 0.0106. The van der Waals surface area contributed by atoms with Gasteiger partial charge in [-0.3, -0.25) is 14.7 Å². The fraction of sp³-hybridized carbons (Fsp3) is 0.250. The minimum Gasteiger partial charge on any atom is -0.333 e. The topological polar surface area (TPSA) is 78.1 Å². The lowest BCUT2D eigenvalue weighted by Crippen LogP contribution is -2.23. The molecular formula is C20H20N4O2. The zero-order valence-corrected chi connectivity index (χ0v) is 14.7. The molecule has 6 nitrogen and oxygen atoms in total. The molecule has 2 amide bonds. The SMILES string of the molecule is CC(=O)N1Cc2[nH]nc(NC(=O)C(C)c3ccc4ccccc4c3)c2C1. The molecule has 3 aromatic rings. The Hall–Kier alpha value is -3.15. The largest absolute Gasteiger partial charge is 0.333 e. The highest BCUT2D eigenvalue weighted by atomic mass is 16.2. The zero-order valence-electron chi connectivity index (χ0n) is 14.7. The summed E-state index contributed by atoms with van der Waals surface area (Å²) < 4.78 is 0. The number of nitrogens with zero attached hydrogens (tertiary/aromatic N) is 2. The minimum atomic E-state index is -0.308. The summed E-state index contributed by atoms with van der Waals surface area (Å²) in [6.45, 7) is 4.41. The van der Waals surface area contributed by atoms with Gasteiger partial charge in [-0.15, -0.1) is 0 Å². The predicted octanol–water partition coefficient (Wildman–Crippen LogP) is 3.17. The van der Waals surface area contributed by atoms with Crippen LogP contribution in [0.2, 0.25) is 0 Å². The van der Waals surface area contributed by atoms with E-state index in [1.165, 1.54) is 0 Å². The van der Waals surface area contributed by atoms with E-state index in [-0.39, 0.29) is 17.7 Å². The Morgan fingerprint density at radius 1 is 1.15 bits per heavy atom. The van der Waals surface area contributed by atoms with E-state index in [0.29, 0.717) is 18.9 Å². The van der Waals surface area contributed by atoms with E-state index in [4.69, 9.17) is 0 Å². The van der Waals surface area contributed by atoms with Crippen molar-refractivity contribution in [1.82, 2.24) is 15.1 Å². The lowest BCUT2D eigenvalue weighted by molar-refractivity contribution is -0.129. The van der Waals surface area contributed by atoms with Gasteiger partial charge in [-0.25, -0.2) is 0 Å². The van der Waals surface area contributed by atoms with Crippen LogP contribution < -0.4 is 5.32 Å². The van der Waals surface area contributed by atoms with Crippen molar-refractivity contribution < 1.29 is 9.59 Å². The Bertz CT molecular complexity index is 1010. The first-order valence-electron chi connectivity index (χ1n) is 8.64. The Kier molecular flexibility index (Phi) is 3.95. The molecule has 0 saturated heterocycles. The number of aromatic nitrogens is 2. The summed E-state index contributed by atoms with van der Waals surface area (Å²) in [6, 6.07) is 14.2. The Balaban J connectivity index is 1.52. The van der Waals surface area contributed by atoms with Crippen LogP contribution in [0.15, 0.2) is 42.5 Å². The van der Waals surface area contributed by atoms with Crippen molar-refractivity contribution in [3.8, 4) is 0 Å². The second kappa shape index (κ2) is 6.29. The molecule has 0 fully saturated rings. The summed E-state index contributed by atoms with van der Waals surface area (Å²) in [4.78, 5) is 26.0. The van der Waals surface area contributed by atoms with Crippen molar-refractivity contribution in [3.05, 3.63) is 59.3 Å². The number of rotatable bonds is 3. The normalized spacial score (nSPS) is 14.3. The number of benzene rings is 2. The van der Waals surface area contributed by atoms with Crippen molar-refractivity contribution in [2.45, 2.75) is 32.9 Å². The van der Waals surface area contributed by atoms with Gasteiger partial charge in [-0.1, -0.05) is 42.5 Å². The van der Waals surface area contributed by atoms with Gasteiger partial charge in [-0.2, -0.15) is 5.10 Å². The number of nitrogens with one attached hydrogen (secondary N) is 2. The molecule has 0 saturated carbocycles. The van der Waals surface area contributed by atoms with Crippen molar-refractivity contribution in [1.29, 1.82) is 0 Å². The van der Waals surface area contributed by atoms with Gasteiger partial charge in [0.2, 0.25) is 11.8 Å². The highest BCUT2D eigenvalue weighted by molar-refractivity contribution is 5.96. The van der Waals surface area contributed by atoms with Crippen LogP contribution in [0, 0.1) is 0 Å². The van der Waals surface area contributed by atoms with E-state index in [0.717, 1.165) is 27.6 Å². The molecule has 0 aliphatic carbocycles. The van der Waals surface area contributed by atoms with E-state index < -0.39 is 0 Å². The number of carbonyl (C=O) groups is 2. The summed E-state index contributed by atoms with van der Waals surface area (Å²) in [7, 11) is 0. The summed E-state index contributed by atoms with van der Waals surface area (Å²) in [6.07, 6.45) is 0. The summed E-state index contributed by atoms with van der Waals surface area (Å²) in [5, 5.41) is 12.3. The molecule has 2 aromatic carbocycles. The zero-order chi connectivity index (χ0) is 18.3. The number of hydrogen-bond donors (Lipinski definition) is 2. The maximum Gasteiger partial charge on any atom is 0.232 e. The molecule has 1 aromatic heterocycles. The summed E-state index contributed by atoms with van der Waals surface area (Å²) in [5.74, 6) is 0.103. The molecule has 2 N–H and O–H groups in total. The van der Waals surface area contributed by atoms with Crippen molar-refractivity contribution in [3.63, 3.8) is 0 Å². The highest BCUT2D eigenvalue weighted by Crippen LogP contribution is 2.28. The number of aromatic amines is 1. The molecule has 1 aliphatic rings. The molecule has 26 heavy (non-hydrogen) atoms. The maximum absolute atomic E-state index is 12.7. The lowest BCUT2D eigenvalue weighted by atomic mass is 9.97. The van der Waals surface area contributed by atoms with Crippen molar-refractivity contribution in [2.75, 3.05) is 5.32 Å². The molecule has 0 bridgehead atoms. The van der Waals surface area contributed by atoms with Crippen LogP contribution >= 0.6 is 0 Å². The van der Waals surface area contributed by atoms with Crippen LogP contribution in [0.4, 0.5) is 5.82 Å². The molecule has 132 valence electrons. The van der Waals surface area contributed by atoms with Gasteiger partial charge in [-0.05, 0) is 23.3 Å². The molecule has 1 aliphatic heterocycles. The highest BCUT2D eigenvalue weighted by Gasteiger charge is 2.28. The van der Waals surface area contributed by atoms with Gasteiger partial charge >= 0.3 is 0 Å². The van der Waals surface area contributed by atoms with Crippen molar-refractivity contribution >= 4 is 28.4 Å². The van der Waals surface area contributed by atoms with Crippen LogP contribution in [-0.4, -0.2) is 26.9 Å². The molecule has 2 heterocycles. The lowest BCUT2D eigenvalue weighted by Gasteiger charge is -2.14. The van der Waals surface area contributed by atoms with Gasteiger partial charge in [0.15, 0.2) is 5.82 Å². The van der Waals surface area contributed by atoms with Crippen LogP contribution in [-0.2, 0) is 22.7 Å². The molecule has 0 radical (unpaired) electrons. The van der Waals surface area contributed by atoms with Gasteiger partial charge in [0.1, 0.15) is 0 Å². The first-order chi connectivity index (χ1) is 12.5. The van der Waals surface area contributed by atoms with Crippen LogP contribution in [0.5, 0.6) is 0 Å². The molecule has 0 spiro atoms. The van der Waals surface area contributed by atoms with Crippen LogP contribution in [0.25, 0.3) is 10.8 Å². The number of hydrogen-bond acceptors (Lipinski definition) is 3. The molecule has 1 atom stereocenters. The van der Waals surface area contributed by atoms with E-state index in [9.17, 15) is 9.59 Å². The molecule has 1 unspecified atom stereocenters. The number of amides is 2. The first kappa shape index (κ1) is 16.3. The quantitative estimate of drug-likeness (QED) is 0.763. The average molecular weight is 348 g/mol. The standard InChI is InChI=1S/C20H20N4O2/c1-12(15-8-7-14-5-3-4-6-16(14)9-15)20(26)21-19-17-10-24(13(2)25)11-18(17)22-23-19/h3-9,12H,10-11H2,1-2H3,(H2,21,22,23,26). The monoisotopic (exact) mass is 348 g/mol. The third kappa shape index (κ3) is 2.83. The van der Waals surface area contributed by atoms with E-state index >= 15 is 0 Å². The smallest absolute Gasteiger partial charge is 0.232 e. The fourth-order valence-electron chi connectivity index (χ4n) is 3.32. The van der Waals surface area contributed by atoms with Gasteiger partial charge in [0.05, 0.1) is 24.7 Å².